The van der Waals surface area contributed by atoms with Gasteiger partial charge in [-0.05, 0) is 33.9 Å². The molecule has 0 aromatic carbocycles. The Hall–Kier alpha value is -1.14. The molecule has 1 aliphatic heterocycles. The number of likely N-dealkylation sites (tertiary alicyclic amines) is 1. The summed E-state index contributed by atoms with van der Waals surface area (Å²) in [5, 5.41) is 0.469. The number of carbonyl (C=O) groups is 1. The molecular formula is C12H20N4OS. The molecule has 2 rings (SSSR count). The minimum absolute atomic E-state index is 0.0771. The van der Waals surface area contributed by atoms with E-state index in [0.717, 1.165) is 31.6 Å². The van der Waals surface area contributed by atoms with E-state index in [2.05, 4.69) is 24.0 Å². The van der Waals surface area contributed by atoms with Crippen molar-refractivity contribution in [2.45, 2.75) is 25.8 Å². The molecule has 1 fully saturated rings. The first kappa shape index (κ1) is 13.3. The van der Waals surface area contributed by atoms with E-state index >= 15 is 0 Å². The lowest BCUT2D eigenvalue weighted by molar-refractivity contribution is 0.0639. The fourth-order valence-electron chi connectivity index (χ4n) is 2.32. The molecule has 2 heterocycles. The minimum Gasteiger partial charge on any atom is -0.375 e. The number of aromatic nitrogens is 1. The third kappa shape index (κ3) is 2.64. The lowest BCUT2D eigenvalue weighted by atomic mass is 10.0. The zero-order valence-electron chi connectivity index (χ0n) is 11.1. The molecule has 1 atom stereocenters. The number of nitrogen functional groups attached to an aromatic ring is 1. The van der Waals surface area contributed by atoms with Crippen LogP contribution in [-0.2, 0) is 0 Å². The summed E-state index contributed by atoms with van der Waals surface area (Å²) >= 11 is 1.29. The first-order chi connectivity index (χ1) is 8.49. The quantitative estimate of drug-likeness (QED) is 0.875. The number of rotatable bonds is 2. The first-order valence-electron chi connectivity index (χ1n) is 6.17. The van der Waals surface area contributed by atoms with Crippen LogP contribution in [0.5, 0.6) is 0 Å². The van der Waals surface area contributed by atoms with Gasteiger partial charge in [0.1, 0.15) is 4.88 Å². The van der Waals surface area contributed by atoms with Crippen molar-refractivity contribution in [3.05, 3.63) is 10.6 Å². The molecule has 0 aliphatic carbocycles. The van der Waals surface area contributed by atoms with Crippen LogP contribution in [0.3, 0.4) is 0 Å². The molecule has 1 saturated heterocycles. The summed E-state index contributed by atoms with van der Waals surface area (Å²) in [4.78, 5) is 21.3. The molecular weight excluding hydrogens is 248 g/mol. The number of hydrogen-bond acceptors (Lipinski definition) is 5. The van der Waals surface area contributed by atoms with Crippen LogP contribution in [0, 0.1) is 6.92 Å². The van der Waals surface area contributed by atoms with Crippen LogP contribution in [0.1, 0.15) is 28.2 Å². The molecule has 1 aromatic rings. The van der Waals surface area contributed by atoms with E-state index in [-0.39, 0.29) is 5.91 Å². The van der Waals surface area contributed by atoms with Crippen LogP contribution in [-0.4, -0.2) is 53.9 Å². The van der Waals surface area contributed by atoms with Crippen molar-refractivity contribution < 1.29 is 4.79 Å². The monoisotopic (exact) mass is 268 g/mol. The van der Waals surface area contributed by atoms with Crippen LogP contribution < -0.4 is 5.73 Å². The number of thiazole rings is 1. The van der Waals surface area contributed by atoms with Crippen LogP contribution in [0.2, 0.25) is 0 Å². The Morgan fingerprint density at radius 2 is 2.28 bits per heavy atom. The van der Waals surface area contributed by atoms with Crippen LogP contribution >= 0.6 is 11.3 Å². The van der Waals surface area contributed by atoms with E-state index in [1.807, 2.05) is 11.8 Å². The first-order valence-corrected chi connectivity index (χ1v) is 6.99. The summed E-state index contributed by atoms with van der Waals surface area (Å²) in [6.45, 7) is 3.47. The van der Waals surface area contributed by atoms with Gasteiger partial charge in [-0.2, -0.15) is 0 Å². The summed E-state index contributed by atoms with van der Waals surface area (Å²) in [6.07, 6.45) is 2.21. The minimum atomic E-state index is 0.0771. The fraction of sp³-hybridized carbons (Fsp3) is 0.667. The normalized spacial score (nSPS) is 20.4. The Balaban J connectivity index is 2.11. The molecule has 100 valence electrons. The number of carbonyl (C=O) groups excluding carboxylic acids is 1. The van der Waals surface area contributed by atoms with E-state index in [0.29, 0.717) is 16.1 Å². The second kappa shape index (κ2) is 5.24. The lowest BCUT2D eigenvalue weighted by Crippen LogP contribution is -2.47. The van der Waals surface area contributed by atoms with Gasteiger partial charge in [0.15, 0.2) is 5.13 Å². The van der Waals surface area contributed by atoms with Gasteiger partial charge in [-0.1, -0.05) is 11.3 Å². The van der Waals surface area contributed by atoms with Crippen LogP contribution in [0.4, 0.5) is 5.13 Å². The van der Waals surface area contributed by atoms with Gasteiger partial charge in [-0.15, -0.1) is 0 Å². The van der Waals surface area contributed by atoms with Gasteiger partial charge < -0.3 is 15.5 Å². The van der Waals surface area contributed by atoms with Gasteiger partial charge in [0, 0.05) is 19.1 Å². The highest BCUT2D eigenvalue weighted by Gasteiger charge is 2.27. The molecule has 2 N–H and O–H groups in total. The Kier molecular flexibility index (Phi) is 3.87. The van der Waals surface area contributed by atoms with Gasteiger partial charge in [-0.3, -0.25) is 4.79 Å². The van der Waals surface area contributed by atoms with Crippen LogP contribution in [0.15, 0.2) is 0 Å². The largest absolute Gasteiger partial charge is 0.375 e. The van der Waals surface area contributed by atoms with Crippen molar-refractivity contribution in [2.24, 2.45) is 0 Å². The van der Waals surface area contributed by atoms with Crippen LogP contribution in [0.25, 0.3) is 0 Å². The maximum absolute atomic E-state index is 12.4. The van der Waals surface area contributed by atoms with Crippen molar-refractivity contribution in [1.29, 1.82) is 0 Å². The molecule has 0 radical (unpaired) electrons. The summed E-state index contributed by atoms with van der Waals surface area (Å²) in [5.41, 5.74) is 6.40. The molecule has 5 nitrogen and oxygen atoms in total. The SMILES string of the molecule is Cc1nc(N)sc1C(=O)N1CCCC(N(C)C)C1. The van der Waals surface area contributed by atoms with Gasteiger partial charge >= 0.3 is 0 Å². The number of piperidine rings is 1. The fourth-order valence-corrected chi connectivity index (χ4v) is 3.12. The number of amides is 1. The second-order valence-corrected chi connectivity index (χ2v) is 6.01. The van der Waals surface area contributed by atoms with Gasteiger partial charge in [0.2, 0.25) is 0 Å². The Labute approximate surface area is 112 Å². The standard InChI is InChI=1S/C12H20N4OS/c1-8-10(18-12(13)14-8)11(17)16-6-4-5-9(7-16)15(2)3/h9H,4-7H2,1-3H3,(H2,13,14). The molecule has 1 unspecified atom stereocenters. The predicted octanol–water partition coefficient (Wildman–Crippen LogP) is 1.20. The number of nitrogens with two attached hydrogens (primary N) is 1. The highest BCUT2D eigenvalue weighted by molar-refractivity contribution is 7.17. The highest BCUT2D eigenvalue weighted by atomic mass is 32.1. The molecule has 0 spiro atoms. The maximum atomic E-state index is 12.4. The van der Waals surface area contributed by atoms with Gasteiger partial charge in [0.05, 0.1) is 5.69 Å². The Bertz CT molecular complexity index is 443. The maximum Gasteiger partial charge on any atom is 0.265 e. The smallest absolute Gasteiger partial charge is 0.265 e. The molecule has 1 aromatic heterocycles. The van der Waals surface area contributed by atoms with Crippen molar-refractivity contribution in [3.8, 4) is 0 Å². The third-order valence-corrected chi connectivity index (χ3v) is 4.40. The zero-order chi connectivity index (χ0) is 13.3. The molecule has 18 heavy (non-hydrogen) atoms. The van der Waals surface area contributed by atoms with E-state index < -0.39 is 0 Å². The third-order valence-electron chi connectivity index (χ3n) is 3.42. The Morgan fingerprint density at radius 1 is 1.56 bits per heavy atom. The number of likely N-dealkylation sites (N-methyl/N-ethyl adjacent to an activating group) is 1. The van der Waals surface area contributed by atoms with Crippen molar-refractivity contribution in [3.63, 3.8) is 0 Å². The van der Waals surface area contributed by atoms with Crippen molar-refractivity contribution in [2.75, 3.05) is 32.9 Å². The van der Waals surface area contributed by atoms with Crippen molar-refractivity contribution in [1.82, 2.24) is 14.8 Å². The topological polar surface area (TPSA) is 62.5 Å². The Morgan fingerprint density at radius 3 is 2.83 bits per heavy atom. The number of anilines is 1. The van der Waals surface area contributed by atoms with E-state index in [4.69, 9.17) is 5.73 Å². The van der Waals surface area contributed by atoms with Gasteiger partial charge in [-0.25, -0.2) is 4.98 Å². The molecule has 1 aliphatic rings. The molecule has 0 bridgehead atoms. The summed E-state index contributed by atoms with van der Waals surface area (Å²) in [6, 6.07) is 0.452. The highest BCUT2D eigenvalue weighted by Crippen LogP contribution is 2.23. The molecule has 0 saturated carbocycles. The average Bonchev–Trinajstić information content (AvgIpc) is 2.67. The molecule has 6 heteroatoms. The number of nitrogens with zero attached hydrogens (tertiary/aromatic N) is 3. The van der Waals surface area contributed by atoms with E-state index in [9.17, 15) is 4.79 Å². The zero-order valence-corrected chi connectivity index (χ0v) is 12.0. The second-order valence-electron chi connectivity index (χ2n) is 4.98. The van der Waals surface area contributed by atoms with Gasteiger partial charge in [0.25, 0.3) is 5.91 Å². The van der Waals surface area contributed by atoms with E-state index in [1.54, 1.807) is 0 Å². The summed E-state index contributed by atoms with van der Waals surface area (Å²) < 4.78 is 0. The van der Waals surface area contributed by atoms with Crippen molar-refractivity contribution >= 4 is 22.4 Å². The average molecular weight is 268 g/mol. The lowest BCUT2D eigenvalue weighted by Gasteiger charge is -2.35. The van der Waals surface area contributed by atoms with E-state index in [1.165, 1.54) is 11.3 Å². The molecule has 1 amide bonds. The summed E-state index contributed by atoms with van der Waals surface area (Å²) in [7, 11) is 4.13. The number of hydrogen-bond donors (Lipinski definition) is 1. The summed E-state index contributed by atoms with van der Waals surface area (Å²) in [5.74, 6) is 0.0771. The number of aryl methyl sites for hydroxylation is 1. The predicted molar refractivity (Wildman–Crippen MR) is 73.9 cm³/mol.